The Bertz CT molecular complexity index is 1780. The molecule has 0 aromatic heterocycles. The van der Waals surface area contributed by atoms with Gasteiger partial charge in [0.25, 0.3) is 11.8 Å². The van der Waals surface area contributed by atoms with Crippen LogP contribution < -0.4 is 5.32 Å². The molecule has 1 aliphatic rings. The molecule has 49 heavy (non-hydrogen) atoms. The zero-order valence-electron chi connectivity index (χ0n) is 27.5. The highest BCUT2D eigenvalue weighted by Gasteiger charge is 2.20. The number of ether oxygens (including phenoxy) is 1. The van der Waals surface area contributed by atoms with Crippen LogP contribution in [-0.2, 0) is 25.7 Å². The second-order valence-corrected chi connectivity index (χ2v) is 11.6. The van der Waals surface area contributed by atoms with E-state index in [9.17, 15) is 19.5 Å². The van der Waals surface area contributed by atoms with Gasteiger partial charge in [0.15, 0.2) is 0 Å². The summed E-state index contributed by atoms with van der Waals surface area (Å²) in [7, 11) is 1.64. The standard InChI is InChI=1S/C38H39N5O6/c1-27-3-9-30(10-4-27)31-11-13-32(14-12-31)37(39-2)49-40-23-28-5-7-29(8-6-28)24-43(26-36(45)46)38(47)33-15-17-34(18-16-33)41-35(44)25-42-19-21-48-22-20-42/h3-18,23H,19-22,24-26H2,1-2H3,(H,41,44)(H,45,46)/b39-37-,40-23+. The molecule has 5 rings (SSSR count). The predicted octanol–water partition coefficient (Wildman–Crippen LogP) is 5.09. The van der Waals surface area contributed by atoms with Crippen molar-refractivity contribution >= 4 is 35.6 Å². The van der Waals surface area contributed by atoms with Crippen molar-refractivity contribution in [2.24, 2.45) is 10.1 Å². The summed E-state index contributed by atoms with van der Waals surface area (Å²) in [6, 6.07) is 29.9. The molecule has 0 unspecified atom stereocenters. The number of aliphatic carboxylic acids is 1. The number of nitrogens with zero attached hydrogens (tertiary/aromatic N) is 4. The minimum atomic E-state index is -1.13. The number of nitrogens with one attached hydrogen (secondary N) is 1. The molecule has 0 radical (unpaired) electrons. The number of hydrogen-bond acceptors (Lipinski definition) is 8. The second kappa shape index (κ2) is 17.0. The number of aliphatic imine (C=N–C) groups is 1. The van der Waals surface area contributed by atoms with E-state index in [1.807, 2.05) is 29.2 Å². The van der Waals surface area contributed by atoms with Gasteiger partial charge in [-0.15, -0.1) is 0 Å². The fraction of sp³-hybridized carbons (Fsp3) is 0.237. The highest BCUT2D eigenvalue weighted by molar-refractivity contribution is 5.97. The average Bonchev–Trinajstić information content (AvgIpc) is 3.11. The molecule has 11 heteroatoms. The van der Waals surface area contributed by atoms with E-state index in [1.165, 1.54) is 10.5 Å². The molecule has 11 nitrogen and oxygen atoms in total. The summed E-state index contributed by atoms with van der Waals surface area (Å²) >= 11 is 0. The van der Waals surface area contributed by atoms with Crippen LogP contribution >= 0.6 is 0 Å². The van der Waals surface area contributed by atoms with Gasteiger partial charge in [0.1, 0.15) is 6.54 Å². The fourth-order valence-electron chi connectivity index (χ4n) is 5.24. The van der Waals surface area contributed by atoms with Gasteiger partial charge in [-0.05, 0) is 65.6 Å². The van der Waals surface area contributed by atoms with Gasteiger partial charge in [0.2, 0.25) is 5.91 Å². The third-order valence-corrected chi connectivity index (χ3v) is 7.91. The van der Waals surface area contributed by atoms with E-state index in [0.717, 1.165) is 27.8 Å². The molecule has 4 aromatic rings. The zero-order valence-corrected chi connectivity index (χ0v) is 27.5. The largest absolute Gasteiger partial charge is 0.480 e. The Balaban J connectivity index is 1.15. The number of morpholine rings is 1. The molecular formula is C38H39N5O6. The van der Waals surface area contributed by atoms with Crippen molar-refractivity contribution < 1.29 is 29.1 Å². The number of aryl methyl sites for hydroxylation is 1. The van der Waals surface area contributed by atoms with Crippen LogP contribution in [0.15, 0.2) is 107 Å². The number of oxime groups is 1. The summed E-state index contributed by atoms with van der Waals surface area (Å²) in [6.07, 6.45) is 1.55. The number of rotatable bonds is 12. The summed E-state index contributed by atoms with van der Waals surface area (Å²) in [5, 5.41) is 16.4. The summed E-state index contributed by atoms with van der Waals surface area (Å²) < 4.78 is 5.31. The Hall–Kier alpha value is -5.65. The first-order chi connectivity index (χ1) is 23.8. The number of carbonyl (C=O) groups excluding carboxylic acids is 2. The quantitative estimate of drug-likeness (QED) is 0.123. The van der Waals surface area contributed by atoms with Gasteiger partial charge >= 0.3 is 5.97 Å². The van der Waals surface area contributed by atoms with Crippen LogP contribution in [0, 0.1) is 6.92 Å². The minimum absolute atomic E-state index is 0.0856. The van der Waals surface area contributed by atoms with Gasteiger partial charge < -0.3 is 24.9 Å². The molecule has 4 aromatic carbocycles. The van der Waals surface area contributed by atoms with Gasteiger partial charge in [-0.3, -0.25) is 24.3 Å². The van der Waals surface area contributed by atoms with Crippen molar-refractivity contribution in [3.8, 4) is 11.1 Å². The normalized spacial score (nSPS) is 13.6. The smallest absolute Gasteiger partial charge is 0.323 e. The highest BCUT2D eigenvalue weighted by atomic mass is 16.6. The molecule has 1 aliphatic heterocycles. The molecule has 1 heterocycles. The van der Waals surface area contributed by atoms with Gasteiger partial charge in [0.05, 0.1) is 26.0 Å². The maximum atomic E-state index is 13.3. The predicted molar refractivity (Wildman–Crippen MR) is 189 cm³/mol. The van der Waals surface area contributed by atoms with E-state index in [-0.39, 0.29) is 19.0 Å². The Morgan fingerprint density at radius 1 is 0.878 bits per heavy atom. The van der Waals surface area contributed by atoms with Crippen molar-refractivity contribution in [2.45, 2.75) is 13.5 Å². The first-order valence-electron chi connectivity index (χ1n) is 15.9. The molecule has 1 saturated heterocycles. The third kappa shape index (κ3) is 10.2. The van der Waals surface area contributed by atoms with Gasteiger partial charge in [-0.25, -0.2) is 0 Å². The van der Waals surface area contributed by atoms with Crippen LogP contribution in [0.2, 0.25) is 0 Å². The Morgan fingerprint density at radius 3 is 2.10 bits per heavy atom. The summed E-state index contributed by atoms with van der Waals surface area (Å²) in [4.78, 5) is 50.5. The summed E-state index contributed by atoms with van der Waals surface area (Å²) in [5.41, 5.74) is 6.56. The average molecular weight is 662 g/mol. The molecule has 2 N–H and O–H groups in total. The monoisotopic (exact) mass is 661 g/mol. The molecule has 252 valence electrons. The molecule has 0 aliphatic carbocycles. The van der Waals surface area contributed by atoms with Crippen LogP contribution in [-0.4, -0.2) is 91.2 Å². The van der Waals surface area contributed by atoms with Crippen LogP contribution in [0.25, 0.3) is 11.1 Å². The minimum Gasteiger partial charge on any atom is -0.480 e. The van der Waals surface area contributed by atoms with Gasteiger partial charge in [-0.2, -0.15) is 0 Å². The first kappa shape index (κ1) is 34.7. The topological polar surface area (TPSA) is 133 Å². The SMILES string of the molecule is C/N=C(\O/N=C/c1ccc(CN(CC(=O)O)C(=O)c2ccc(NC(=O)CN3CCOCC3)cc2)cc1)c1ccc(-c2ccc(C)cc2)cc1. The van der Waals surface area contributed by atoms with E-state index >= 15 is 0 Å². The zero-order chi connectivity index (χ0) is 34.6. The third-order valence-electron chi connectivity index (χ3n) is 7.91. The van der Waals surface area contributed by atoms with E-state index in [1.54, 1.807) is 61.8 Å². The summed E-state index contributed by atoms with van der Waals surface area (Å²) in [6.45, 7) is 4.53. The number of carboxylic acid groups (broad SMARTS) is 1. The molecule has 2 amide bonds. The van der Waals surface area contributed by atoms with Crippen LogP contribution in [0.5, 0.6) is 0 Å². The van der Waals surface area contributed by atoms with E-state index in [2.05, 4.69) is 46.7 Å². The number of carbonyl (C=O) groups is 3. The lowest BCUT2D eigenvalue weighted by Gasteiger charge is -2.25. The Labute approximate surface area is 285 Å². The second-order valence-electron chi connectivity index (χ2n) is 11.6. The summed E-state index contributed by atoms with van der Waals surface area (Å²) in [5.74, 6) is -1.35. The van der Waals surface area contributed by atoms with Gasteiger partial charge in [0, 0.05) is 43.5 Å². The lowest BCUT2D eigenvalue weighted by molar-refractivity contribution is -0.137. The van der Waals surface area contributed by atoms with Crippen molar-refractivity contribution in [1.29, 1.82) is 0 Å². The molecule has 0 bridgehead atoms. The van der Waals surface area contributed by atoms with Crippen molar-refractivity contribution in [1.82, 2.24) is 9.80 Å². The van der Waals surface area contributed by atoms with Crippen LogP contribution in [0.4, 0.5) is 5.69 Å². The van der Waals surface area contributed by atoms with Crippen molar-refractivity contribution in [3.63, 3.8) is 0 Å². The lowest BCUT2D eigenvalue weighted by Crippen LogP contribution is -2.41. The van der Waals surface area contributed by atoms with Crippen molar-refractivity contribution in [3.05, 3.63) is 125 Å². The van der Waals surface area contributed by atoms with E-state index in [0.29, 0.717) is 43.5 Å². The molecule has 1 fully saturated rings. The Kier molecular flexibility index (Phi) is 12.0. The van der Waals surface area contributed by atoms with E-state index < -0.39 is 18.4 Å². The number of carboxylic acids is 1. The Morgan fingerprint density at radius 2 is 1.49 bits per heavy atom. The van der Waals surface area contributed by atoms with E-state index in [4.69, 9.17) is 9.57 Å². The van der Waals surface area contributed by atoms with Crippen molar-refractivity contribution in [2.75, 3.05) is 51.8 Å². The number of anilines is 1. The van der Waals surface area contributed by atoms with Crippen LogP contribution in [0.3, 0.4) is 0 Å². The molecule has 0 atom stereocenters. The lowest BCUT2D eigenvalue weighted by atomic mass is 10.0. The number of benzene rings is 4. The molecule has 0 saturated carbocycles. The fourth-order valence-corrected chi connectivity index (χ4v) is 5.24. The molecule has 0 spiro atoms. The highest BCUT2D eigenvalue weighted by Crippen LogP contribution is 2.21. The first-order valence-corrected chi connectivity index (χ1v) is 15.9. The van der Waals surface area contributed by atoms with Crippen LogP contribution in [0.1, 0.15) is 32.6 Å². The maximum Gasteiger partial charge on any atom is 0.323 e. The molecular weight excluding hydrogens is 622 g/mol. The maximum absolute atomic E-state index is 13.3. The number of amides is 2. The van der Waals surface area contributed by atoms with Gasteiger partial charge in [-0.1, -0.05) is 71.4 Å². The number of hydrogen-bond donors (Lipinski definition) is 2.